The summed E-state index contributed by atoms with van der Waals surface area (Å²) in [6.07, 6.45) is 0.629. The molecule has 0 aliphatic carbocycles. The molecule has 3 rings (SSSR count). The molecule has 0 bridgehead atoms. The molecule has 0 spiro atoms. The third-order valence-electron chi connectivity index (χ3n) is 5.22. The molecule has 0 atom stereocenters. The van der Waals surface area contributed by atoms with E-state index in [9.17, 15) is 121 Å². The second-order valence-corrected chi connectivity index (χ2v) is 20.5. The van der Waals surface area contributed by atoms with Gasteiger partial charge in [0.1, 0.15) is 0 Å². The van der Waals surface area contributed by atoms with Gasteiger partial charge in [0.2, 0.25) is 15.8 Å². The molecule has 0 aromatic heterocycles. The van der Waals surface area contributed by atoms with Crippen molar-refractivity contribution in [1.29, 1.82) is 0 Å². The first kappa shape index (κ1) is 52.1. The van der Waals surface area contributed by atoms with Gasteiger partial charge in [-0.25, -0.2) is 94.4 Å². The van der Waals surface area contributed by atoms with Crippen molar-refractivity contribution in [1.82, 2.24) is 12.4 Å². The number of alkyl halides is 6. The number of sulfonamides is 6. The Labute approximate surface area is 313 Å². The maximum absolute atomic E-state index is 13.2. The Morgan fingerprint density at radius 1 is 0.397 bits per heavy atom. The van der Waals surface area contributed by atoms with Gasteiger partial charge >= 0.3 is 31.1 Å². The number of hydrogen-bond acceptors (Lipinski definition) is 12. The van der Waals surface area contributed by atoms with Crippen LogP contribution in [0.1, 0.15) is 0 Å². The molecule has 0 amide bonds. The molecule has 3 N–H and O–H groups in total. The third-order valence-corrected chi connectivity index (χ3v) is 14.7. The molecule has 37 heteroatoms. The Kier molecular flexibility index (Phi) is 15.6. The summed E-state index contributed by atoms with van der Waals surface area (Å²) in [4.78, 5) is -4.96. The normalized spacial score (nSPS) is 13.3. The van der Waals surface area contributed by atoms with Gasteiger partial charge in [0.25, 0.3) is 30.1 Å². The largest absolute Gasteiger partial charge is 0.512 e. The lowest BCUT2D eigenvalue weighted by Crippen LogP contribution is -2.41. The van der Waals surface area contributed by atoms with Crippen LogP contribution in [0.2, 0.25) is 0 Å². The SMILES string of the molecule is CS(=O)(=O)NS(=O)(=O)c1ccc(F)c(F)c1.O=S(=O)(NS(=O)(=O)C(F)(F)F)c1c(F)c(F)c(F)c(F)c1F.O=S(=O)(NS(=O)(=O)C(F)(F)F)c1cc(F)c(F)c(F)c1. The van der Waals surface area contributed by atoms with Crippen LogP contribution < -0.4 is 12.4 Å². The Morgan fingerprint density at radius 3 is 1.07 bits per heavy atom. The average molecular weight is 994 g/mol. The van der Waals surface area contributed by atoms with Crippen LogP contribution in [0.25, 0.3) is 0 Å². The fourth-order valence-corrected chi connectivity index (χ4v) is 10.3. The fourth-order valence-electron chi connectivity index (χ4n) is 2.87. The molecular weight excluding hydrogens is 983 g/mol. The van der Waals surface area contributed by atoms with Crippen LogP contribution in [0.4, 0.5) is 70.2 Å². The van der Waals surface area contributed by atoms with Crippen molar-refractivity contribution in [3.63, 3.8) is 0 Å². The molecule has 0 heterocycles. The highest BCUT2D eigenvalue weighted by Crippen LogP contribution is 2.29. The molecule has 3 aromatic rings. The first-order chi connectivity index (χ1) is 25.5. The Morgan fingerprint density at radius 2 is 0.724 bits per heavy atom. The summed E-state index contributed by atoms with van der Waals surface area (Å²) in [5, 5.41) is 0. The first-order valence-corrected chi connectivity index (χ1v) is 21.9. The van der Waals surface area contributed by atoms with Gasteiger partial charge in [-0.1, -0.05) is 8.25 Å². The Hall–Kier alpha value is -3.88. The number of nitrogens with one attached hydrogen (secondary N) is 3. The summed E-state index contributed by atoms with van der Waals surface area (Å²) in [6.45, 7) is 0. The van der Waals surface area contributed by atoms with Crippen LogP contribution in [0.15, 0.2) is 45.0 Å². The van der Waals surface area contributed by atoms with Gasteiger partial charge in [-0.2, -0.15) is 26.3 Å². The molecule has 0 aliphatic rings. The second-order valence-electron chi connectivity index (χ2n) is 9.61. The lowest BCUT2D eigenvalue weighted by atomic mass is 10.3. The van der Waals surface area contributed by atoms with E-state index >= 15 is 0 Å². The van der Waals surface area contributed by atoms with E-state index in [1.807, 2.05) is 0 Å². The smallest absolute Gasteiger partial charge is 0.212 e. The lowest BCUT2D eigenvalue weighted by Gasteiger charge is -2.12. The first-order valence-electron chi connectivity index (χ1n) is 12.6. The summed E-state index contributed by atoms with van der Waals surface area (Å²) in [5.74, 6) is -23.1. The van der Waals surface area contributed by atoms with E-state index in [0.29, 0.717) is 18.4 Å². The summed E-state index contributed by atoms with van der Waals surface area (Å²) >= 11 is 0. The Balaban J connectivity index is 0.000000440. The highest BCUT2D eigenvalue weighted by Gasteiger charge is 2.50. The van der Waals surface area contributed by atoms with E-state index in [2.05, 4.69) is 0 Å². The molecule has 15 nitrogen and oxygen atoms in total. The highest BCUT2D eigenvalue weighted by atomic mass is 32.3. The third kappa shape index (κ3) is 12.8. The maximum atomic E-state index is 13.2. The second kappa shape index (κ2) is 17.4. The number of benzene rings is 3. The van der Waals surface area contributed by atoms with Crippen molar-refractivity contribution in [2.75, 3.05) is 6.26 Å². The van der Waals surface area contributed by atoms with Crippen molar-refractivity contribution < 1.29 is 121 Å². The zero-order valence-electron chi connectivity index (χ0n) is 26.3. The van der Waals surface area contributed by atoms with E-state index in [-0.39, 0.29) is 20.4 Å². The van der Waals surface area contributed by atoms with Crippen molar-refractivity contribution in [3.8, 4) is 0 Å². The number of rotatable bonds is 9. The van der Waals surface area contributed by atoms with Gasteiger partial charge in [0, 0.05) is 0 Å². The molecule has 0 unspecified atom stereocenters. The van der Waals surface area contributed by atoms with Crippen LogP contribution in [-0.2, 0) is 60.1 Å². The molecule has 0 saturated heterocycles. The highest BCUT2D eigenvalue weighted by molar-refractivity contribution is 8.05. The van der Waals surface area contributed by atoms with Crippen LogP contribution in [0.3, 0.4) is 0 Å². The standard InChI is InChI=1S/C7HF8NO4S2.C7H3F6NO4S2.C7H7F2NO4S2/c8-1-2(9)4(11)6(5(12)3(1)10)21(17,18)16-22(19,20)7(13,14)15;8-4-1-3(2-5(9)6(4)10)19(15,16)14-20(17,18)7(11,12)13;1-15(11,12)10-16(13,14)5-2-3-6(8)7(9)4-5/h16H;1-2,14H;2-4,10H,1H3. The van der Waals surface area contributed by atoms with Crippen LogP contribution in [0, 0.1) is 58.2 Å². The van der Waals surface area contributed by atoms with Crippen LogP contribution >= 0.6 is 0 Å². The van der Waals surface area contributed by atoms with Crippen molar-refractivity contribution in [3.05, 3.63) is 88.5 Å². The maximum Gasteiger partial charge on any atom is 0.512 e. The lowest BCUT2D eigenvalue weighted by molar-refractivity contribution is -0.0447. The molecule has 330 valence electrons. The minimum absolute atomic E-state index is 0.172. The summed E-state index contributed by atoms with van der Waals surface area (Å²) in [7, 11) is -33.2. The molecule has 0 aliphatic heterocycles. The van der Waals surface area contributed by atoms with Gasteiger partial charge in [-0.3, -0.25) is 0 Å². The summed E-state index contributed by atoms with van der Waals surface area (Å²) < 4.78 is 333. The van der Waals surface area contributed by atoms with Crippen LogP contribution in [0.5, 0.6) is 0 Å². The minimum Gasteiger partial charge on any atom is -0.212 e. The predicted octanol–water partition coefficient (Wildman–Crippen LogP) is 2.94. The topological polar surface area (TPSA) is 241 Å². The fraction of sp³-hybridized carbons (Fsp3) is 0.143. The molecule has 0 saturated carbocycles. The summed E-state index contributed by atoms with van der Waals surface area (Å²) in [5.41, 5.74) is -12.2. The van der Waals surface area contributed by atoms with Gasteiger partial charge in [0.15, 0.2) is 57.3 Å². The van der Waals surface area contributed by atoms with Crippen LogP contribution in [-0.4, -0.2) is 67.8 Å². The van der Waals surface area contributed by atoms with Gasteiger partial charge < -0.3 is 0 Å². The van der Waals surface area contributed by atoms with E-state index in [4.69, 9.17) is 0 Å². The average Bonchev–Trinajstić information content (AvgIpc) is 3.00. The van der Waals surface area contributed by atoms with E-state index in [1.165, 1.54) is 4.13 Å². The molecule has 0 fully saturated rings. The van der Waals surface area contributed by atoms with E-state index in [0.717, 1.165) is 6.07 Å². The van der Waals surface area contributed by atoms with E-state index < -0.39 is 144 Å². The van der Waals surface area contributed by atoms with Gasteiger partial charge in [-0.05, 0) is 30.3 Å². The number of halogens is 16. The molecule has 0 radical (unpaired) electrons. The summed E-state index contributed by atoms with van der Waals surface area (Å²) in [6, 6.07) is 1.39. The van der Waals surface area contributed by atoms with Gasteiger partial charge in [0.05, 0.1) is 16.0 Å². The zero-order chi connectivity index (χ0) is 46.2. The molecular formula is C21H11F16N3O12S6. The quantitative estimate of drug-likeness (QED) is 0.159. The van der Waals surface area contributed by atoms with Crippen molar-refractivity contribution in [2.45, 2.75) is 25.7 Å². The predicted molar refractivity (Wildman–Crippen MR) is 155 cm³/mol. The Bertz CT molecular complexity index is 2730. The minimum atomic E-state index is -6.68. The van der Waals surface area contributed by atoms with Crippen molar-refractivity contribution >= 4 is 60.1 Å². The van der Waals surface area contributed by atoms with Gasteiger partial charge in [-0.15, -0.1) is 4.13 Å². The molecule has 58 heavy (non-hydrogen) atoms. The molecule has 3 aromatic carbocycles. The van der Waals surface area contributed by atoms with E-state index in [1.54, 1.807) is 0 Å². The monoisotopic (exact) mass is 993 g/mol. The van der Waals surface area contributed by atoms with Crippen molar-refractivity contribution in [2.24, 2.45) is 0 Å². The number of hydrogen-bond donors (Lipinski definition) is 3. The zero-order valence-corrected chi connectivity index (χ0v) is 31.2.